The summed E-state index contributed by atoms with van der Waals surface area (Å²) in [4.78, 5) is 27.8. The summed E-state index contributed by atoms with van der Waals surface area (Å²) >= 11 is 0. The van der Waals surface area contributed by atoms with Gasteiger partial charge in [-0.2, -0.15) is 0 Å². The van der Waals surface area contributed by atoms with Crippen LogP contribution in [0.3, 0.4) is 0 Å². The van der Waals surface area contributed by atoms with E-state index in [1.54, 1.807) is 0 Å². The van der Waals surface area contributed by atoms with E-state index in [1.807, 2.05) is 0 Å². The third-order valence-electron chi connectivity index (χ3n) is 4.85. The van der Waals surface area contributed by atoms with Crippen LogP contribution in [0.25, 0.3) is 6.08 Å². The number of hydrogen-bond acceptors (Lipinski definition) is 4. The molecule has 3 rings (SSSR count). The number of fused-ring (bicyclic) bond motifs is 2. The molecule has 2 aliphatic carbocycles. The maximum Gasteiger partial charge on any atom is 0.311 e. The summed E-state index contributed by atoms with van der Waals surface area (Å²) in [5, 5.41) is 2.92. The maximum atomic E-state index is 13.1. The molecule has 1 aromatic heterocycles. The quantitative estimate of drug-likeness (QED) is 0.680. The molecule has 5 nitrogen and oxygen atoms in total. The van der Waals surface area contributed by atoms with Crippen molar-refractivity contribution >= 4 is 18.0 Å². The van der Waals surface area contributed by atoms with Gasteiger partial charge in [0, 0.05) is 18.3 Å². The van der Waals surface area contributed by atoms with Crippen molar-refractivity contribution in [3.8, 4) is 0 Å². The number of halogens is 1. The van der Waals surface area contributed by atoms with Crippen LogP contribution in [-0.2, 0) is 14.3 Å². The Labute approximate surface area is 133 Å². The van der Waals surface area contributed by atoms with Gasteiger partial charge in [0.05, 0.1) is 19.2 Å². The van der Waals surface area contributed by atoms with Gasteiger partial charge in [-0.1, -0.05) is 0 Å². The standard InChI is InChI=1S/C17H19FN2O3/c1-23-17(22)15-11-3-4-12(7-11)16(15)20-14(21)5-2-10-6-13(18)9-19-8-10/h2,5-6,8-9,11-12,15-16H,3-4,7H2,1H3,(H,20,21)/b5-2+/t11-,12-,15-,16-/m0/s1. The summed E-state index contributed by atoms with van der Waals surface area (Å²) in [5.74, 6) is -0.619. The molecule has 0 aromatic carbocycles. The lowest BCUT2D eigenvalue weighted by Crippen LogP contribution is -2.46. The van der Waals surface area contributed by atoms with Crippen LogP contribution >= 0.6 is 0 Å². The molecule has 0 unspecified atom stereocenters. The minimum Gasteiger partial charge on any atom is -0.469 e. The summed E-state index contributed by atoms with van der Waals surface area (Å²) < 4.78 is 17.9. The first-order chi connectivity index (χ1) is 11.1. The Morgan fingerprint density at radius 2 is 2.13 bits per heavy atom. The molecule has 1 N–H and O–H groups in total. The Hall–Kier alpha value is -2.24. The average molecular weight is 318 g/mol. The molecule has 1 amide bonds. The van der Waals surface area contributed by atoms with Gasteiger partial charge in [0.15, 0.2) is 0 Å². The maximum absolute atomic E-state index is 13.1. The number of hydrogen-bond donors (Lipinski definition) is 1. The minimum atomic E-state index is -0.452. The molecule has 1 aromatic rings. The highest BCUT2D eigenvalue weighted by Crippen LogP contribution is 2.48. The lowest BCUT2D eigenvalue weighted by Gasteiger charge is -2.29. The lowest BCUT2D eigenvalue weighted by molar-refractivity contribution is -0.148. The highest BCUT2D eigenvalue weighted by molar-refractivity contribution is 5.92. The van der Waals surface area contributed by atoms with Gasteiger partial charge in [-0.05, 0) is 48.8 Å². The van der Waals surface area contributed by atoms with Crippen LogP contribution in [0.2, 0.25) is 0 Å². The first-order valence-corrected chi connectivity index (χ1v) is 7.75. The van der Waals surface area contributed by atoms with Crippen molar-refractivity contribution in [3.63, 3.8) is 0 Å². The zero-order valence-electron chi connectivity index (χ0n) is 12.9. The highest BCUT2D eigenvalue weighted by Gasteiger charge is 2.51. The van der Waals surface area contributed by atoms with Crippen LogP contribution in [0.1, 0.15) is 24.8 Å². The van der Waals surface area contributed by atoms with Gasteiger partial charge >= 0.3 is 5.97 Å². The normalized spacial score (nSPS) is 29.0. The van der Waals surface area contributed by atoms with E-state index in [2.05, 4.69) is 10.3 Å². The zero-order chi connectivity index (χ0) is 16.4. The van der Waals surface area contributed by atoms with Crippen LogP contribution in [0.5, 0.6) is 0 Å². The van der Waals surface area contributed by atoms with E-state index in [-0.39, 0.29) is 23.8 Å². The fourth-order valence-electron chi connectivity index (χ4n) is 3.88. The molecule has 23 heavy (non-hydrogen) atoms. The van der Waals surface area contributed by atoms with Gasteiger partial charge in [0.1, 0.15) is 5.82 Å². The number of methoxy groups -OCH3 is 1. The van der Waals surface area contributed by atoms with E-state index in [4.69, 9.17) is 4.74 Å². The molecular weight excluding hydrogens is 299 g/mol. The molecule has 2 aliphatic rings. The lowest BCUT2D eigenvalue weighted by atomic mass is 9.84. The van der Waals surface area contributed by atoms with Gasteiger partial charge < -0.3 is 10.1 Å². The topological polar surface area (TPSA) is 68.3 Å². The predicted octanol–water partition coefficient (Wildman–Crippen LogP) is 1.94. The predicted molar refractivity (Wildman–Crippen MR) is 81.5 cm³/mol. The van der Waals surface area contributed by atoms with E-state index < -0.39 is 5.82 Å². The van der Waals surface area contributed by atoms with E-state index in [0.29, 0.717) is 17.4 Å². The number of nitrogens with zero attached hydrogens (tertiary/aromatic N) is 1. The van der Waals surface area contributed by atoms with Crippen molar-refractivity contribution in [3.05, 3.63) is 35.9 Å². The van der Waals surface area contributed by atoms with E-state index in [0.717, 1.165) is 25.5 Å². The largest absolute Gasteiger partial charge is 0.469 e. The Morgan fingerprint density at radius 1 is 1.35 bits per heavy atom. The molecule has 2 fully saturated rings. The number of ether oxygens (including phenoxy) is 1. The second-order valence-corrected chi connectivity index (χ2v) is 6.19. The first-order valence-electron chi connectivity index (χ1n) is 7.75. The fraction of sp³-hybridized carbons (Fsp3) is 0.471. The van der Waals surface area contributed by atoms with Crippen molar-refractivity contribution in [1.29, 1.82) is 0 Å². The van der Waals surface area contributed by atoms with E-state index in [1.165, 1.54) is 31.5 Å². The highest BCUT2D eigenvalue weighted by atomic mass is 19.1. The summed E-state index contributed by atoms with van der Waals surface area (Å²) in [7, 11) is 1.38. The van der Waals surface area contributed by atoms with E-state index >= 15 is 0 Å². The molecule has 122 valence electrons. The Balaban J connectivity index is 1.66. The first kappa shape index (κ1) is 15.6. The molecule has 0 spiro atoms. The number of rotatable bonds is 4. The summed E-state index contributed by atoms with van der Waals surface area (Å²) in [6, 6.07) is 1.12. The monoisotopic (exact) mass is 318 g/mol. The Morgan fingerprint density at radius 3 is 2.87 bits per heavy atom. The fourth-order valence-corrected chi connectivity index (χ4v) is 3.88. The zero-order valence-corrected chi connectivity index (χ0v) is 12.9. The second-order valence-electron chi connectivity index (χ2n) is 6.19. The molecule has 0 radical (unpaired) electrons. The summed E-state index contributed by atoms with van der Waals surface area (Å²) in [6.45, 7) is 0. The van der Waals surface area contributed by atoms with Gasteiger partial charge in [0.2, 0.25) is 5.91 Å². The van der Waals surface area contributed by atoms with Crippen molar-refractivity contribution < 1.29 is 18.7 Å². The van der Waals surface area contributed by atoms with Crippen LogP contribution < -0.4 is 5.32 Å². The number of nitrogens with one attached hydrogen (secondary N) is 1. The number of pyridine rings is 1. The van der Waals surface area contributed by atoms with Gasteiger partial charge in [-0.25, -0.2) is 4.39 Å². The molecule has 1 heterocycles. The number of esters is 1. The minimum absolute atomic E-state index is 0.177. The smallest absolute Gasteiger partial charge is 0.311 e. The van der Waals surface area contributed by atoms with Gasteiger partial charge in [-0.3, -0.25) is 14.6 Å². The van der Waals surface area contributed by atoms with Gasteiger partial charge in [0.25, 0.3) is 0 Å². The van der Waals surface area contributed by atoms with Gasteiger partial charge in [-0.15, -0.1) is 0 Å². The number of carbonyl (C=O) groups excluding carboxylic acids is 2. The SMILES string of the molecule is COC(=O)[C@H]1[C@H]2CC[C@@H](C2)[C@@H]1NC(=O)/C=C/c1cncc(F)c1. The number of carbonyl (C=O) groups is 2. The summed E-state index contributed by atoms with van der Waals surface area (Å²) in [5.41, 5.74) is 0.512. The van der Waals surface area contributed by atoms with Crippen LogP contribution in [0.15, 0.2) is 24.5 Å². The molecule has 6 heteroatoms. The number of aromatic nitrogens is 1. The van der Waals surface area contributed by atoms with Crippen molar-refractivity contribution in [1.82, 2.24) is 10.3 Å². The Bertz CT molecular complexity index is 646. The molecule has 0 aliphatic heterocycles. The van der Waals surface area contributed by atoms with Crippen molar-refractivity contribution in [2.75, 3.05) is 7.11 Å². The van der Waals surface area contributed by atoms with Crippen molar-refractivity contribution in [2.24, 2.45) is 17.8 Å². The second kappa shape index (κ2) is 6.48. The third kappa shape index (κ3) is 3.25. The van der Waals surface area contributed by atoms with E-state index in [9.17, 15) is 14.0 Å². The average Bonchev–Trinajstić information content (AvgIpc) is 3.13. The summed E-state index contributed by atoms with van der Waals surface area (Å²) in [6.07, 6.45) is 8.43. The van der Waals surface area contributed by atoms with Crippen LogP contribution in [-0.4, -0.2) is 30.0 Å². The molecule has 2 saturated carbocycles. The molecular formula is C17H19FN2O3. The molecule has 2 bridgehead atoms. The Kier molecular flexibility index (Phi) is 4.41. The van der Waals surface area contributed by atoms with Crippen LogP contribution in [0, 0.1) is 23.6 Å². The van der Waals surface area contributed by atoms with Crippen molar-refractivity contribution in [2.45, 2.75) is 25.3 Å². The molecule has 0 saturated heterocycles. The number of amides is 1. The van der Waals surface area contributed by atoms with Crippen LogP contribution in [0.4, 0.5) is 4.39 Å². The molecule has 4 atom stereocenters. The third-order valence-corrected chi connectivity index (χ3v) is 4.85.